The summed E-state index contributed by atoms with van der Waals surface area (Å²) in [6, 6.07) is 19.3. The van der Waals surface area contributed by atoms with Gasteiger partial charge >= 0.3 is 0 Å². The van der Waals surface area contributed by atoms with Crippen LogP contribution in [0.3, 0.4) is 0 Å². The third kappa shape index (κ3) is 4.47. The number of hydrogen-bond donors (Lipinski definition) is 4. The van der Waals surface area contributed by atoms with Crippen LogP contribution in [0.1, 0.15) is 22.3 Å². The number of carbonyl (C=O) groups excluding carboxylic acids is 2. The topological polar surface area (TPSA) is 96.2 Å². The van der Waals surface area contributed by atoms with Crippen LogP contribution in [0.25, 0.3) is 10.8 Å². The minimum Gasteiger partial charge on any atom is -0.387 e. The summed E-state index contributed by atoms with van der Waals surface area (Å²) in [5, 5.41) is 11.0. The highest BCUT2D eigenvalue weighted by atomic mass is 16.2. The smallest absolute Gasteiger partial charge is 0.253 e. The first-order valence-corrected chi connectivity index (χ1v) is 9.19. The second-order valence-corrected chi connectivity index (χ2v) is 6.42. The van der Waals surface area contributed by atoms with Gasteiger partial charge in [0.25, 0.3) is 5.91 Å². The molecule has 5 N–H and O–H groups in total. The maximum absolute atomic E-state index is 12.8. The minimum atomic E-state index is -0.216. The summed E-state index contributed by atoms with van der Waals surface area (Å²) in [5.74, 6) is -0.394. The predicted molar refractivity (Wildman–Crippen MR) is 113 cm³/mol. The normalized spacial score (nSPS) is 10.5. The highest BCUT2D eigenvalue weighted by Gasteiger charge is 2.13. The average molecular weight is 376 g/mol. The van der Waals surface area contributed by atoms with Gasteiger partial charge in [-0.3, -0.25) is 9.59 Å². The molecule has 0 aliphatic rings. The molecule has 3 rings (SSSR count). The van der Waals surface area contributed by atoms with Gasteiger partial charge in [0.1, 0.15) is 0 Å². The lowest BCUT2D eigenvalue weighted by molar-refractivity contribution is -0.116. The molecule has 144 valence electrons. The van der Waals surface area contributed by atoms with Gasteiger partial charge in [0.15, 0.2) is 0 Å². The SMILES string of the molecule is CNc1ccc(NC(=O)CCN)cc1C(=O)NCc1cccc2ccccc12. The maximum atomic E-state index is 12.8. The number of fused-ring (bicyclic) bond motifs is 1. The van der Waals surface area contributed by atoms with Crippen LogP contribution in [0.15, 0.2) is 60.7 Å². The summed E-state index contributed by atoms with van der Waals surface area (Å²) in [6.07, 6.45) is 0.233. The second kappa shape index (κ2) is 9.01. The van der Waals surface area contributed by atoms with Crippen LogP contribution >= 0.6 is 0 Å². The molecular weight excluding hydrogens is 352 g/mol. The van der Waals surface area contributed by atoms with Crippen molar-refractivity contribution < 1.29 is 9.59 Å². The summed E-state index contributed by atoms with van der Waals surface area (Å²) < 4.78 is 0. The zero-order chi connectivity index (χ0) is 19.9. The van der Waals surface area contributed by atoms with Crippen molar-refractivity contribution in [3.05, 3.63) is 71.8 Å². The van der Waals surface area contributed by atoms with Gasteiger partial charge in [-0.05, 0) is 34.5 Å². The van der Waals surface area contributed by atoms with E-state index in [0.29, 0.717) is 23.5 Å². The summed E-state index contributed by atoms with van der Waals surface area (Å²) in [7, 11) is 1.75. The van der Waals surface area contributed by atoms with Crippen LogP contribution in [-0.4, -0.2) is 25.4 Å². The molecule has 0 heterocycles. The van der Waals surface area contributed by atoms with Gasteiger partial charge in [-0.2, -0.15) is 0 Å². The Hall–Kier alpha value is -3.38. The Kier molecular flexibility index (Phi) is 6.24. The zero-order valence-corrected chi connectivity index (χ0v) is 15.8. The number of rotatable bonds is 7. The average Bonchev–Trinajstić information content (AvgIpc) is 2.72. The molecule has 0 aromatic heterocycles. The van der Waals surface area contributed by atoms with E-state index in [1.165, 1.54) is 0 Å². The van der Waals surface area contributed by atoms with Crippen LogP contribution in [0.4, 0.5) is 11.4 Å². The fraction of sp³-hybridized carbons (Fsp3) is 0.182. The van der Waals surface area contributed by atoms with E-state index in [1.54, 1.807) is 25.2 Å². The van der Waals surface area contributed by atoms with E-state index >= 15 is 0 Å². The van der Waals surface area contributed by atoms with Crippen molar-refractivity contribution in [2.75, 3.05) is 24.2 Å². The lowest BCUT2D eigenvalue weighted by atomic mass is 10.0. The molecule has 6 heteroatoms. The van der Waals surface area contributed by atoms with Crippen molar-refractivity contribution in [2.24, 2.45) is 5.73 Å². The number of hydrogen-bond acceptors (Lipinski definition) is 4. The first-order valence-electron chi connectivity index (χ1n) is 9.19. The molecule has 0 radical (unpaired) electrons. The quantitative estimate of drug-likeness (QED) is 0.509. The molecule has 3 aromatic carbocycles. The molecule has 0 spiro atoms. The van der Waals surface area contributed by atoms with E-state index < -0.39 is 0 Å². The fourth-order valence-corrected chi connectivity index (χ4v) is 3.10. The highest BCUT2D eigenvalue weighted by molar-refractivity contribution is 6.02. The van der Waals surface area contributed by atoms with Crippen LogP contribution in [-0.2, 0) is 11.3 Å². The van der Waals surface area contributed by atoms with E-state index in [4.69, 9.17) is 5.73 Å². The molecule has 0 aliphatic carbocycles. The highest BCUT2D eigenvalue weighted by Crippen LogP contribution is 2.22. The predicted octanol–water partition coefficient (Wildman–Crippen LogP) is 3.10. The summed E-state index contributed by atoms with van der Waals surface area (Å²) in [5.41, 5.74) is 8.17. The summed E-state index contributed by atoms with van der Waals surface area (Å²) in [6.45, 7) is 0.686. The molecule has 0 saturated carbocycles. The molecule has 0 saturated heterocycles. The van der Waals surface area contributed by atoms with E-state index in [9.17, 15) is 9.59 Å². The minimum absolute atomic E-state index is 0.179. The molecule has 0 aliphatic heterocycles. The molecule has 3 aromatic rings. The first kappa shape index (κ1) is 19.4. The molecular formula is C22H24N4O2. The maximum Gasteiger partial charge on any atom is 0.253 e. The number of carbonyl (C=O) groups is 2. The van der Waals surface area contributed by atoms with Gasteiger partial charge in [-0.25, -0.2) is 0 Å². The van der Waals surface area contributed by atoms with Gasteiger partial charge in [0.2, 0.25) is 5.91 Å². The Labute approximate surface area is 164 Å². The van der Waals surface area contributed by atoms with Crippen LogP contribution < -0.4 is 21.7 Å². The Morgan fingerprint density at radius 1 is 1.00 bits per heavy atom. The van der Waals surface area contributed by atoms with E-state index in [-0.39, 0.29) is 24.8 Å². The van der Waals surface area contributed by atoms with Crippen molar-refractivity contribution in [3.63, 3.8) is 0 Å². The molecule has 0 fully saturated rings. The molecule has 0 bridgehead atoms. The van der Waals surface area contributed by atoms with E-state index in [2.05, 4.69) is 16.0 Å². The Morgan fingerprint density at radius 2 is 1.79 bits per heavy atom. The largest absolute Gasteiger partial charge is 0.387 e. The summed E-state index contributed by atoms with van der Waals surface area (Å²) >= 11 is 0. The van der Waals surface area contributed by atoms with Crippen molar-refractivity contribution in [1.29, 1.82) is 0 Å². The van der Waals surface area contributed by atoms with Gasteiger partial charge in [-0.1, -0.05) is 42.5 Å². The number of nitrogens with two attached hydrogens (primary N) is 1. The lowest BCUT2D eigenvalue weighted by Gasteiger charge is -2.13. The van der Waals surface area contributed by atoms with Gasteiger partial charge < -0.3 is 21.7 Å². The van der Waals surface area contributed by atoms with E-state index in [0.717, 1.165) is 16.3 Å². The van der Waals surface area contributed by atoms with Crippen LogP contribution in [0.5, 0.6) is 0 Å². The molecule has 28 heavy (non-hydrogen) atoms. The first-order chi connectivity index (χ1) is 13.6. The third-order valence-corrected chi connectivity index (χ3v) is 4.51. The Morgan fingerprint density at radius 3 is 2.57 bits per heavy atom. The molecule has 6 nitrogen and oxygen atoms in total. The Balaban J connectivity index is 1.78. The van der Waals surface area contributed by atoms with Crippen molar-refractivity contribution in [3.8, 4) is 0 Å². The van der Waals surface area contributed by atoms with E-state index in [1.807, 2.05) is 42.5 Å². The zero-order valence-electron chi connectivity index (χ0n) is 15.8. The fourth-order valence-electron chi connectivity index (χ4n) is 3.10. The van der Waals surface area contributed by atoms with Crippen LogP contribution in [0, 0.1) is 0 Å². The number of benzene rings is 3. The van der Waals surface area contributed by atoms with Crippen molar-refractivity contribution in [2.45, 2.75) is 13.0 Å². The molecule has 0 unspecified atom stereocenters. The number of amides is 2. The molecule has 2 amide bonds. The van der Waals surface area contributed by atoms with Crippen LogP contribution in [0.2, 0.25) is 0 Å². The number of anilines is 2. The van der Waals surface area contributed by atoms with Gasteiger partial charge in [-0.15, -0.1) is 0 Å². The summed E-state index contributed by atoms with van der Waals surface area (Å²) in [4.78, 5) is 24.6. The van der Waals surface area contributed by atoms with Crippen molar-refractivity contribution >= 4 is 34.0 Å². The Bertz CT molecular complexity index is 995. The monoisotopic (exact) mass is 376 g/mol. The number of nitrogens with one attached hydrogen (secondary N) is 3. The molecule has 0 atom stereocenters. The van der Waals surface area contributed by atoms with Gasteiger partial charge in [0, 0.05) is 37.9 Å². The van der Waals surface area contributed by atoms with Gasteiger partial charge in [0.05, 0.1) is 5.56 Å². The standard InChI is InChI=1S/C22H24N4O2/c1-24-20-10-9-17(26-21(27)11-12-23)13-19(20)22(28)25-14-16-7-4-6-15-5-2-3-8-18(15)16/h2-10,13,24H,11-12,14,23H2,1H3,(H,25,28)(H,26,27). The lowest BCUT2D eigenvalue weighted by Crippen LogP contribution is -2.24. The second-order valence-electron chi connectivity index (χ2n) is 6.42. The third-order valence-electron chi connectivity index (χ3n) is 4.51. The van der Waals surface area contributed by atoms with Crippen molar-refractivity contribution in [1.82, 2.24) is 5.32 Å².